The maximum absolute atomic E-state index is 12.3. The van der Waals surface area contributed by atoms with Crippen LogP contribution in [0, 0.1) is 12.8 Å². The Kier molecular flexibility index (Phi) is 6.55. The molecule has 1 unspecified atom stereocenters. The molecule has 6 heteroatoms. The molecule has 1 atom stereocenters. The fourth-order valence-electron chi connectivity index (χ4n) is 1.94. The Morgan fingerprint density at radius 1 is 1.48 bits per heavy atom. The van der Waals surface area contributed by atoms with Gasteiger partial charge in [-0.2, -0.15) is 0 Å². The predicted octanol–water partition coefficient (Wildman–Crippen LogP) is 2.80. The highest BCUT2D eigenvalue weighted by molar-refractivity contribution is 7.13. The minimum absolute atomic E-state index is 0.335. The van der Waals surface area contributed by atoms with Gasteiger partial charge in [-0.3, -0.25) is 4.79 Å². The van der Waals surface area contributed by atoms with E-state index in [0.29, 0.717) is 30.1 Å². The van der Waals surface area contributed by atoms with Crippen LogP contribution in [0.25, 0.3) is 0 Å². The zero-order valence-electron chi connectivity index (χ0n) is 12.7. The lowest BCUT2D eigenvalue weighted by Crippen LogP contribution is -2.40. The Balaban J connectivity index is 2.86. The van der Waals surface area contributed by atoms with Crippen LogP contribution in [0.5, 0.6) is 0 Å². The first-order chi connectivity index (χ1) is 9.85. The van der Waals surface area contributed by atoms with Crippen molar-refractivity contribution in [3.63, 3.8) is 0 Å². The predicted molar refractivity (Wildman–Crippen MR) is 83.7 cm³/mol. The zero-order valence-corrected chi connectivity index (χ0v) is 13.5. The second-order valence-corrected chi connectivity index (χ2v) is 6.54. The minimum atomic E-state index is -1.03. The van der Waals surface area contributed by atoms with E-state index in [9.17, 15) is 9.59 Å². The van der Waals surface area contributed by atoms with Crippen molar-refractivity contribution in [3.8, 4) is 0 Å². The van der Waals surface area contributed by atoms with Crippen LogP contribution in [0.1, 0.15) is 47.1 Å². The zero-order chi connectivity index (χ0) is 16.0. The second-order valence-electron chi connectivity index (χ2n) is 5.34. The number of carbonyl (C=O) groups is 2. The van der Waals surface area contributed by atoms with E-state index in [4.69, 9.17) is 5.11 Å². The van der Waals surface area contributed by atoms with Crippen LogP contribution in [0.2, 0.25) is 0 Å². The molecule has 0 aliphatic rings. The number of carboxylic acid groups (broad SMARTS) is 1. The van der Waals surface area contributed by atoms with Gasteiger partial charge in [-0.25, -0.2) is 9.78 Å². The molecule has 2 N–H and O–H groups in total. The third kappa shape index (κ3) is 5.30. The number of hydrogen-bond acceptors (Lipinski definition) is 4. The summed E-state index contributed by atoms with van der Waals surface area (Å²) in [7, 11) is 0. The normalized spacial score (nSPS) is 12.2. The summed E-state index contributed by atoms with van der Waals surface area (Å²) >= 11 is 1.31. The number of carbonyl (C=O) groups excluding carboxylic acids is 1. The van der Waals surface area contributed by atoms with Crippen molar-refractivity contribution in [2.24, 2.45) is 5.92 Å². The molecule has 1 heterocycles. The molecular weight excluding hydrogens is 288 g/mol. The van der Waals surface area contributed by atoms with E-state index in [0.717, 1.165) is 10.7 Å². The van der Waals surface area contributed by atoms with Crippen molar-refractivity contribution in [1.82, 2.24) is 10.3 Å². The van der Waals surface area contributed by atoms with Crippen LogP contribution >= 0.6 is 11.3 Å². The van der Waals surface area contributed by atoms with Gasteiger partial charge in [0, 0.05) is 0 Å². The first-order valence-corrected chi connectivity index (χ1v) is 7.77. The fourth-order valence-corrected chi connectivity index (χ4v) is 2.79. The second kappa shape index (κ2) is 7.93. The maximum Gasteiger partial charge on any atom is 0.326 e. The maximum atomic E-state index is 12.3. The van der Waals surface area contributed by atoms with Gasteiger partial charge in [0.05, 0.1) is 10.7 Å². The topological polar surface area (TPSA) is 79.3 Å². The molecule has 0 spiro atoms. The molecule has 5 nitrogen and oxygen atoms in total. The molecule has 21 heavy (non-hydrogen) atoms. The van der Waals surface area contributed by atoms with Crippen LogP contribution < -0.4 is 5.32 Å². The van der Waals surface area contributed by atoms with Crippen molar-refractivity contribution in [3.05, 3.63) is 28.2 Å². The molecule has 0 aliphatic heterocycles. The number of aryl methyl sites for hydroxylation is 1. The first-order valence-electron chi connectivity index (χ1n) is 6.96. The van der Waals surface area contributed by atoms with Gasteiger partial charge in [0.1, 0.15) is 10.9 Å². The standard InChI is InChI=1S/C15H22N2O3S/c1-5-6-7-11(15(19)20)17-14(18)13-12(8-9(2)3)16-10(4)21-13/h5,9,11H,1,6-8H2,2-4H3,(H,17,18)(H,19,20). The lowest BCUT2D eigenvalue weighted by Gasteiger charge is -2.13. The Morgan fingerprint density at radius 3 is 2.67 bits per heavy atom. The molecule has 1 rings (SSSR count). The molecule has 0 aliphatic carbocycles. The number of thiazole rings is 1. The number of rotatable bonds is 8. The summed E-state index contributed by atoms with van der Waals surface area (Å²) in [5.41, 5.74) is 0.748. The number of aromatic nitrogens is 1. The van der Waals surface area contributed by atoms with Crippen molar-refractivity contribution >= 4 is 23.2 Å². The summed E-state index contributed by atoms with van der Waals surface area (Å²) in [4.78, 5) is 28.4. The van der Waals surface area contributed by atoms with E-state index in [1.54, 1.807) is 6.08 Å². The van der Waals surface area contributed by atoms with Crippen LogP contribution in [-0.2, 0) is 11.2 Å². The van der Waals surface area contributed by atoms with Gasteiger partial charge in [-0.1, -0.05) is 19.9 Å². The Morgan fingerprint density at radius 2 is 2.14 bits per heavy atom. The van der Waals surface area contributed by atoms with Gasteiger partial charge in [-0.15, -0.1) is 17.9 Å². The van der Waals surface area contributed by atoms with E-state index in [1.807, 2.05) is 6.92 Å². The monoisotopic (exact) mass is 310 g/mol. The number of carboxylic acids is 1. The van der Waals surface area contributed by atoms with Crippen LogP contribution in [0.15, 0.2) is 12.7 Å². The van der Waals surface area contributed by atoms with E-state index in [1.165, 1.54) is 11.3 Å². The smallest absolute Gasteiger partial charge is 0.326 e. The number of amides is 1. The number of allylic oxidation sites excluding steroid dienone is 1. The molecule has 0 aromatic carbocycles. The Labute approximate surface area is 129 Å². The number of nitrogens with one attached hydrogen (secondary N) is 1. The SMILES string of the molecule is C=CCCC(NC(=O)c1sc(C)nc1CC(C)C)C(=O)O. The Bertz CT molecular complexity index is 523. The minimum Gasteiger partial charge on any atom is -0.480 e. The largest absolute Gasteiger partial charge is 0.480 e. The number of nitrogens with zero attached hydrogens (tertiary/aromatic N) is 1. The third-order valence-corrected chi connectivity index (χ3v) is 3.89. The summed E-state index contributed by atoms with van der Waals surface area (Å²) in [6.07, 6.45) is 3.22. The van der Waals surface area contributed by atoms with Gasteiger partial charge in [-0.05, 0) is 32.1 Å². The van der Waals surface area contributed by atoms with Crippen molar-refractivity contribution in [1.29, 1.82) is 0 Å². The molecule has 116 valence electrons. The molecule has 0 saturated carbocycles. The molecule has 0 bridgehead atoms. The van der Waals surface area contributed by atoms with E-state index in [-0.39, 0.29) is 5.91 Å². The average molecular weight is 310 g/mol. The summed E-state index contributed by atoms with van der Waals surface area (Å²) in [6.45, 7) is 9.52. The molecule has 1 aromatic rings. The summed E-state index contributed by atoms with van der Waals surface area (Å²) in [5, 5.41) is 12.5. The molecular formula is C15H22N2O3S. The van der Waals surface area contributed by atoms with E-state index in [2.05, 4.69) is 30.7 Å². The van der Waals surface area contributed by atoms with Crippen molar-refractivity contribution in [2.45, 2.75) is 46.1 Å². The highest BCUT2D eigenvalue weighted by Crippen LogP contribution is 2.21. The highest BCUT2D eigenvalue weighted by Gasteiger charge is 2.23. The fraction of sp³-hybridized carbons (Fsp3) is 0.533. The lowest BCUT2D eigenvalue weighted by atomic mass is 10.1. The van der Waals surface area contributed by atoms with Gasteiger partial charge in [0.15, 0.2) is 0 Å². The van der Waals surface area contributed by atoms with Crippen molar-refractivity contribution in [2.75, 3.05) is 0 Å². The quantitative estimate of drug-likeness (QED) is 0.724. The first kappa shape index (κ1) is 17.4. The van der Waals surface area contributed by atoms with Gasteiger partial charge in [0.2, 0.25) is 0 Å². The Hall–Kier alpha value is -1.69. The summed E-state index contributed by atoms with van der Waals surface area (Å²) in [5.74, 6) is -1.00. The van der Waals surface area contributed by atoms with E-state index >= 15 is 0 Å². The molecule has 0 radical (unpaired) electrons. The van der Waals surface area contributed by atoms with Crippen LogP contribution in [0.3, 0.4) is 0 Å². The lowest BCUT2D eigenvalue weighted by molar-refractivity contribution is -0.139. The van der Waals surface area contributed by atoms with Gasteiger partial charge in [0.25, 0.3) is 5.91 Å². The molecule has 1 aromatic heterocycles. The highest BCUT2D eigenvalue weighted by atomic mass is 32.1. The van der Waals surface area contributed by atoms with Crippen LogP contribution in [-0.4, -0.2) is 28.0 Å². The van der Waals surface area contributed by atoms with Crippen LogP contribution in [0.4, 0.5) is 0 Å². The number of aliphatic carboxylic acids is 1. The molecule has 0 saturated heterocycles. The molecule has 0 fully saturated rings. The van der Waals surface area contributed by atoms with Gasteiger partial charge < -0.3 is 10.4 Å². The summed E-state index contributed by atoms with van der Waals surface area (Å²) in [6, 6.07) is -0.898. The number of hydrogen-bond donors (Lipinski definition) is 2. The van der Waals surface area contributed by atoms with Crippen molar-refractivity contribution < 1.29 is 14.7 Å². The summed E-state index contributed by atoms with van der Waals surface area (Å²) < 4.78 is 0. The van der Waals surface area contributed by atoms with E-state index < -0.39 is 12.0 Å². The van der Waals surface area contributed by atoms with Gasteiger partial charge >= 0.3 is 5.97 Å². The average Bonchev–Trinajstić information content (AvgIpc) is 2.73. The third-order valence-electron chi connectivity index (χ3n) is 2.87. The molecule has 1 amide bonds.